The Bertz CT molecular complexity index is 493. The van der Waals surface area contributed by atoms with Crippen molar-refractivity contribution in [1.82, 2.24) is 0 Å². The molecule has 0 aliphatic heterocycles. The standard InChI is InChI=1S/C16H16NO/c1-2-16(18)17(15-11-7-4-8-12-15)13-14-9-5-3-6-10-14/h3-11H,2,13H2,1H3. The van der Waals surface area contributed by atoms with Crippen LogP contribution in [0.15, 0.2) is 54.6 Å². The number of carbonyl (C=O) groups excluding carboxylic acids is 1. The van der Waals surface area contributed by atoms with Crippen LogP contribution in [0.3, 0.4) is 0 Å². The molecule has 2 aromatic carbocycles. The molecule has 18 heavy (non-hydrogen) atoms. The summed E-state index contributed by atoms with van der Waals surface area (Å²) in [6.45, 7) is 2.47. The van der Waals surface area contributed by atoms with Crippen molar-refractivity contribution in [1.29, 1.82) is 0 Å². The zero-order chi connectivity index (χ0) is 12.8. The minimum absolute atomic E-state index is 0.112. The Morgan fingerprint density at radius 2 is 1.83 bits per heavy atom. The summed E-state index contributed by atoms with van der Waals surface area (Å²) in [4.78, 5) is 13.8. The number of hydrogen-bond acceptors (Lipinski definition) is 1. The molecule has 0 heterocycles. The van der Waals surface area contributed by atoms with E-state index in [4.69, 9.17) is 0 Å². The highest BCUT2D eigenvalue weighted by Gasteiger charge is 2.13. The molecule has 0 spiro atoms. The van der Waals surface area contributed by atoms with Gasteiger partial charge in [0.05, 0.1) is 12.2 Å². The molecular formula is C16H16NO. The fraction of sp³-hybridized carbons (Fsp3) is 0.188. The molecule has 0 saturated heterocycles. The maximum Gasteiger partial charge on any atom is 0.227 e. The highest BCUT2D eigenvalue weighted by Crippen LogP contribution is 2.17. The largest absolute Gasteiger partial charge is 0.307 e. The molecule has 2 heteroatoms. The molecule has 0 aliphatic rings. The van der Waals surface area contributed by atoms with E-state index in [0.717, 1.165) is 11.3 Å². The normalized spacial score (nSPS) is 10.1. The SMILES string of the molecule is CCC(=O)N(Cc1ccccc1)c1[c]cccc1. The summed E-state index contributed by atoms with van der Waals surface area (Å²) in [5, 5.41) is 0. The second-order valence-electron chi connectivity index (χ2n) is 4.07. The Hall–Kier alpha value is -2.09. The molecule has 0 N–H and O–H groups in total. The van der Waals surface area contributed by atoms with E-state index in [0.29, 0.717) is 13.0 Å². The summed E-state index contributed by atoms with van der Waals surface area (Å²) in [5.41, 5.74) is 1.95. The van der Waals surface area contributed by atoms with Gasteiger partial charge in [0.1, 0.15) is 0 Å². The van der Waals surface area contributed by atoms with E-state index in [1.165, 1.54) is 0 Å². The second-order valence-corrected chi connectivity index (χ2v) is 4.07. The predicted molar refractivity (Wildman–Crippen MR) is 73.2 cm³/mol. The summed E-state index contributed by atoms with van der Waals surface area (Å²) in [6.07, 6.45) is 0.496. The van der Waals surface area contributed by atoms with Crippen molar-refractivity contribution in [3.05, 3.63) is 66.2 Å². The van der Waals surface area contributed by atoms with Crippen LogP contribution in [-0.2, 0) is 11.3 Å². The van der Waals surface area contributed by atoms with Gasteiger partial charge < -0.3 is 4.90 Å². The van der Waals surface area contributed by atoms with Crippen LogP contribution in [0.5, 0.6) is 0 Å². The zero-order valence-corrected chi connectivity index (χ0v) is 10.5. The van der Waals surface area contributed by atoms with Gasteiger partial charge in [0.2, 0.25) is 5.91 Å². The molecule has 1 amide bonds. The number of carbonyl (C=O) groups is 1. The van der Waals surface area contributed by atoms with Gasteiger partial charge in [-0.3, -0.25) is 4.79 Å². The van der Waals surface area contributed by atoms with Crippen molar-refractivity contribution in [2.45, 2.75) is 19.9 Å². The van der Waals surface area contributed by atoms with Crippen LogP contribution < -0.4 is 4.90 Å². The van der Waals surface area contributed by atoms with E-state index in [2.05, 4.69) is 6.07 Å². The van der Waals surface area contributed by atoms with Gasteiger partial charge in [-0.25, -0.2) is 0 Å². The van der Waals surface area contributed by atoms with Crippen LogP contribution >= 0.6 is 0 Å². The van der Waals surface area contributed by atoms with Gasteiger partial charge >= 0.3 is 0 Å². The minimum Gasteiger partial charge on any atom is -0.307 e. The first-order valence-electron chi connectivity index (χ1n) is 6.12. The smallest absolute Gasteiger partial charge is 0.227 e. The third-order valence-electron chi connectivity index (χ3n) is 2.77. The van der Waals surface area contributed by atoms with Gasteiger partial charge in [-0.05, 0) is 11.6 Å². The summed E-state index contributed by atoms with van der Waals surface area (Å²) in [6, 6.07) is 20.7. The number of benzene rings is 2. The summed E-state index contributed by atoms with van der Waals surface area (Å²) < 4.78 is 0. The summed E-state index contributed by atoms with van der Waals surface area (Å²) in [5.74, 6) is 0.112. The fourth-order valence-corrected chi connectivity index (χ4v) is 1.82. The Labute approximate surface area is 108 Å². The number of anilines is 1. The molecule has 0 aliphatic carbocycles. The Kier molecular flexibility index (Phi) is 4.13. The Morgan fingerprint density at radius 3 is 2.44 bits per heavy atom. The number of hydrogen-bond donors (Lipinski definition) is 0. The topological polar surface area (TPSA) is 20.3 Å². The van der Waals surface area contributed by atoms with Gasteiger partial charge in [0, 0.05) is 12.5 Å². The summed E-state index contributed by atoms with van der Waals surface area (Å²) >= 11 is 0. The van der Waals surface area contributed by atoms with Crippen molar-refractivity contribution in [2.75, 3.05) is 4.90 Å². The number of nitrogens with zero attached hydrogens (tertiary/aromatic N) is 1. The molecular weight excluding hydrogens is 222 g/mol. The average Bonchev–Trinajstić information content (AvgIpc) is 2.46. The van der Waals surface area contributed by atoms with Crippen molar-refractivity contribution in [3.63, 3.8) is 0 Å². The molecule has 2 nitrogen and oxygen atoms in total. The van der Waals surface area contributed by atoms with E-state index < -0.39 is 0 Å². The molecule has 2 aromatic rings. The lowest BCUT2D eigenvalue weighted by Gasteiger charge is -2.22. The van der Waals surface area contributed by atoms with Crippen molar-refractivity contribution in [2.24, 2.45) is 0 Å². The Balaban J connectivity index is 2.24. The van der Waals surface area contributed by atoms with Crippen LogP contribution in [0.4, 0.5) is 5.69 Å². The van der Waals surface area contributed by atoms with Crippen molar-refractivity contribution >= 4 is 11.6 Å². The van der Waals surface area contributed by atoms with Gasteiger partial charge in [-0.2, -0.15) is 0 Å². The first-order valence-corrected chi connectivity index (χ1v) is 6.12. The maximum atomic E-state index is 12.0. The van der Waals surface area contributed by atoms with E-state index in [-0.39, 0.29) is 5.91 Å². The fourth-order valence-electron chi connectivity index (χ4n) is 1.82. The van der Waals surface area contributed by atoms with Crippen LogP contribution in [0, 0.1) is 6.07 Å². The Morgan fingerprint density at radius 1 is 1.11 bits per heavy atom. The summed E-state index contributed by atoms with van der Waals surface area (Å²) in [7, 11) is 0. The molecule has 0 unspecified atom stereocenters. The predicted octanol–water partition coefficient (Wildman–Crippen LogP) is 3.43. The number of amides is 1. The molecule has 0 fully saturated rings. The molecule has 91 valence electrons. The van der Waals surface area contributed by atoms with Crippen molar-refractivity contribution in [3.8, 4) is 0 Å². The van der Waals surface area contributed by atoms with Crippen LogP contribution in [0.1, 0.15) is 18.9 Å². The second kappa shape index (κ2) is 6.01. The number of para-hydroxylation sites is 1. The highest BCUT2D eigenvalue weighted by atomic mass is 16.2. The van der Waals surface area contributed by atoms with Crippen molar-refractivity contribution < 1.29 is 4.79 Å². The van der Waals surface area contributed by atoms with E-state index >= 15 is 0 Å². The lowest BCUT2D eigenvalue weighted by molar-refractivity contribution is -0.118. The van der Waals surface area contributed by atoms with E-state index in [1.807, 2.05) is 61.5 Å². The first kappa shape index (κ1) is 12.4. The number of rotatable bonds is 4. The molecule has 0 bridgehead atoms. The van der Waals surface area contributed by atoms with Crippen LogP contribution in [-0.4, -0.2) is 5.91 Å². The minimum atomic E-state index is 0.112. The molecule has 2 rings (SSSR count). The van der Waals surface area contributed by atoms with Gasteiger partial charge in [-0.1, -0.05) is 55.5 Å². The average molecular weight is 238 g/mol. The zero-order valence-electron chi connectivity index (χ0n) is 10.5. The maximum absolute atomic E-state index is 12.0. The third-order valence-corrected chi connectivity index (χ3v) is 2.77. The van der Waals surface area contributed by atoms with E-state index in [1.54, 1.807) is 4.90 Å². The molecule has 0 saturated carbocycles. The van der Waals surface area contributed by atoms with Gasteiger partial charge in [-0.15, -0.1) is 0 Å². The third kappa shape index (κ3) is 2.98. The van der Waals surface area contributed by atoms with E-state index in [9.17, 15) is 4.79 Å². The monoisotopic (exact) mass is 238 g/mol. The molecule has 1 radical (unpaired) electrons. The van der Waals surface area contributed by atoms with Crippen LogP contribution in [0.25, 0.3) is 0 Å². The quantitative estimate of drug-likeness (QED) is 0.799. The van der Waals surface area contributed by atoms with Gasteiger partial charge in [0.25, 0.3) is 0 Å². The highest BCUT2D eigenvalue weighted by molar-refractivity contribution is 5.92. The molecule has 0 aromatic heterocycles. The molecule has 0 atom stereocenters. The van der Waals surface area contributed by atoms with Gasteiger partial charge in [0.15, 0.2) is 0 Å². The lowest BCUT2D eigenvalue weighted by Crippen LogP contribution is -2.29. The lowest BCUT2D eigenvalue weighted by atomic mass is 10.2. The van der Waals surface area contributed by atoms with Crippen LogP contribution in [0.2, 0.25) is 0 Å². The first-order chi connectivity index (χ1) is 8.81.